The van der Waals surface area contributed by atoms with E-state index in [-0.39, 0.29) is 5.60 Å². The largest absolute Gasteiger partial charge is 0.370 e. The first kappa shape index (κ1) is 8.27. The van der Waals surface area contributed by atoms with Crippen LogP contribution in [0.1, 0.15) is 26.2 Å². The minimum absolute atomic E-state index is 0.105. The van der Waals surface area contributed by atoms with E-state index >= 15 is 0 Å². The van der Waals surface area contributed by atoms with Gasteiger partial charge in [0.05, 0.1) is 12.2 Å². The maximum absolute atomic E-state index is 5.86. The van der Waals surface area contributed by atoms with Crippen molar-refractivity contribution in [2.75, 3.05) is 19.7 Å². The molecule has 1 fully saturated rings. The van der Waals surface area contributed by atoms with Gasteiger partial charge in [-0.3, -0.25) is 0 Å². The van der Waals surface area contributed by atoms with Crippen molar-refractivity contribution in [2.45, 2.75) is 31.8 Å². The molecule has 0 aromatic rings. The van der Waals surface area contributed by atoms with Crippen molar-refractivity contribution in [1.82, 2.24) is 5.32 Å². The Hall–Kier alpha value is -0.340. The standard InChI is InChI=1S/C10H17NO/c1-9-2-7-12-10(8-9)3-5-11-6-4-10/h8,11H,2-7H2,1H3. The summed E-state index contributed by atoms with van der Waals surface area (Å²) >= 11 is 0. The lowest BCUT2D eigenvalue weighted by molar-refractivity contribution is -0.0363. The molecule has 0 aliphatic carbocycles. The van der Waals surface area contributed by atoms with Crippen LogP contribution in [0.25, 0.3) is 0 Å². The van der Waals surface area contributed by atoms with E-state index in [9.17, 15) is 0 Å². The smallest absolute Gasteiger partial charge is 0.0889 e. The number of piperidine rings is 1. The Morgan fingerprint density at radius 2 is 2.17 bits per heavy atom. The number of nitrogens with one attached hydrogen (secondary N) is 1. The third kappa shape index (κ3) is 1.54. The Bertz CT molecular complexity index is 192. The van der Waals surface area contributed by atoms with E-state index in [1.165, 1.54) is 5.57 Å². The molecule has 0 radical (unpaired) electrons. The van der Waals surface area contributed by atoms with Gasteiger partial charge in [-0.1, -0.05) is 11.6 Å². The van der Waals surface area contributed by atoms with Gasteiger partial charge in [0.15, 0.2) is 0 Å². The van der Waals surface area contributed by atoms with E-state index in [1.54, 1.807) is 0 Å². The van der Waals surface area contributed by atoms with Gasteiger partial charge >= 0.3 is 0 Å². The summed E-state index contributed by atoms with van der Waals surface area (Å²) in [4.78, 5) is 0. The molecule has 0 aromatic heterocycles. The van der Waals surface area contributed by atoms with E-state index in [4.69, 9.17) is 4.74 Å². The van der Waals surface area contributed by atoms with Crippen LogP contribution in [-0.2, 0) is 4.74 Å². The highest BCUT2D eigenvalue weighted by atomic mass is 16.5. The quantitative estimate of drug-likeness (QED) is 0.552. The zero-order valence-corrected chi connectivity index (χ0v) is 7.73. The van der Waals surface area contributed by atoms with Crippen molar-refractivity contribution in [1.29, 1.82) is 0 Å². The fraction of sp³-hybridized carbons (Fsp3) is 0.800. The summed E-state index contributed by atoms with van der Waals surface area (Å²) in [5, 5.41) is 3.36. The van der Waals surface area contributed by atoms with E-state index in [1.807, 2.05) is 0 Å². The fourth-order valence-corrected chi connectivity index (χ4v) is 2.12. The van der Waals surface area contributed by atoms with Crippen LogP contribution < -0.4 is 5.32 Å². The highest BCUT2D eigenvalue weighted by Crippen LogP contribution is 2.30. The van der Waals surface area contributed by atoms with Crippen LogP contribution in [0.3, 0.4) is 0 Å². The Morgan fingerprint density at radius 1 is 1.42 bits per heavy atom. The maximum atomic E-state index is 5.86. The third-order valence-corrected chi connectivity index (χ3v) is 2.85. The fourth-order valence-electron chi connectivity index (χ4n) is 2.12. The molecule has 1 spiro atoms. The van der Waals surface area contributed by atoms with Gasteiger partial charge in [0, 0.05) is 0 Å². The van der Waals surface area contributed by atoms with Crippen LogP contribution in [-0.4, -0.2) is 25.3 Å². The molecular formula is C10H17NO. The van der Waals surface area contributed by atoms with Gasteiger partial charge < -0.3 is 10.1 Å². The molecule has 2 rings (SSSR count). The van der Waals surface area contributed by atoms with Crippen molar-refractivity contribution in [2.24, 2.45) is 0 Å². The molecule has 0 atom stereocenters. The van der Waals surface area contributed by atoms with Crippen molar-refractivity contribution < 1.29 is 4.74 Å². The molecule has 12 heavy (non-hydrogen) atoms. The number of hydrogen-bond acceptors (Lipinski definition) is 2. The lowest BCUT2D eigenvalue weighted by Crippen LogP contribution is -2.44. The topological polar surface area (TPSA) is 21.3 Å². The Morgan fingerprint density at radius 3 is 2.83 bits per heavy atom. The van der Waals surface area contributed by atoms with Crippen LogP contribution in [0.5, 0.6) is 0 Å². The highest BCUT2D eigenvalue weighted by molar-refractivity contribution is 5.14. The van der Waals surface area contributed by atoms with Crippen molar-refractivity contribution in [3.63, 3.8) is 0 Å². The minimum atomic E-state index is 0.105. The molecule has 0 aromatic carbocycles. The van der Waals surface area contributed by atoms with Gasteiger partial charge in [-0.25, -0.2) is 0 Å². The second kappa shape index (κ2) is 3.19. The normalized spacial score (nSPS) is 28.6. The SMILES string of the molecule is CC1=CC2(CCNCC2)OCC1. The average molecular weight is 167 g/mol. The molecule has 68 valence electrons. The molecule has 2 heteroatoms. The lowest BCUT2D eigenvalue weighted by atomic mass is 9.88. The van der Waals surface area contributed by atoms with Gasteiger partial charge in [0.25, 0.3) is 0 Å². The minimum Gasteiger partial charge on any atom is -0.370 e. The maximum Gasteiger partial charge on any atom is 0.0889 e. The second-order valence-electron chi connectivity index (χ2n) is 3.90. The number of rotatable bonds is 0. The van der Waals surface area contributed by atoms with Crippen molar-refractivity contribution in [3.8, 4) is 0 Å². The molecule has 0 unspecified atom stereocenters. The zero-order chi connectivity index (χ0) is 8.44. The van der Waals surface area contributed by atoms with E-state index in [2.05, 4.69) is 18.3 Å². The summed E-state index contributed by atoms with van der Waals surface area (Å²) < 4.78 is 5.86. The molecule has 0 amide bonds. The Labute approximate surface area is 74.0 Å². The Kier molecular flexibility index (Phi) is 2.20. The molecule has 0 saturated carbocycles. The monoisotopic (exact) mass is 167 g/mol. The predicted molar refractivity (Wildman–Crippen MR) is 49.2 cm³/mol. The van der Waals surface area contributed by atoms with Crippen LogP contribution in [0, 0.1) is 0 Å². The van der Waals surface area contributed by atoms with Gasteiger partial charge in [-0.2, -0.15) is 0 Å². The summed E-state index contributed by atoms with van der Waals surface area (Å²) in [6, 6.07) is 0. The summed E-state index contributed by atoms with van der Waals surface area (Å²) in [5.74, 6) is 0. The van der Waals surface area contributed by atoms with Gasteiger partial charge in [-0.15, -0.1) is 0 Å². The van der Waals surface area contributed by atoms with E-state index in [0.29, 0.717) is 0 Å². The average Bonchev–Trinajstić information content (AvgIpc) is 2.05. The molecule has 2 nitrogen and oxygen atoms in total. The predicted octanol–water partition coefficient (Wildman–Crippen LogP) is 1.48. The third-order valence-electron chi connectivity index (χ3n) is 2.85. The van der Waals surface area contributed by atoms with Gasteiger partial charge in [-0.05, 0) is 39.3 Å². The number of hydrogen-bond donors (Lipinski definition) is 1. The lowest BCUT2D eigenvalue weighted by Gasteiger charge is -2.38. The summed E-state index contributed by atoms with van der Waals surface area (Å²) in [6.45, 7) is 5.34. The van der Waals surface area contributed by atoms with E-state index in [0.717, 1.165) is 39.0 Å². The first-order valence-corrected chi connectivity index (χ1v) is 4.84. The van der Waals surface area contributed by atoms with E-state index < -0.39 is 0 Å². The van der Waals surface area contributed by atoms with Crippen LogP contribution >= 0.6 is 0 Å². The molecule has 2 heterocycles. The molecule has 2 aliphatic heterocycles. The first-order valence-electron chi connectivity index (χ1n) is 4.84. The summed E-state index contributed by atoms with van der Waals surface area (Å²) in [5.41, 5.74) is 1.61. The molecule has 1 saturated heterocycles. The van der Waals surface area contributed by atoms with Crippen molar-refractivity contribution in [3.05, 3.63) is 11.6 Å². The second-order valence-corrected chi connectivity index (χ2v) is 3.90. The molecule has 0 bridgehead atoms. The zero-order valence-electron chi connectivity index (χ0n) is 7.73. The number of ether oxygens (including phenoxy) is 1. The summed E-state index contributed by atoms with van der Waals surface area (Å²) in [6.07, 6.45) is 5.75. The van der Waals surface area contributed by atoms with Crippen LogP contribution in [0.2, 0.25) is 0 Å². The first-order chi connectivity index (χ1) is 5.81. The van der Waals surface area contributed by atoms with Crippen molar-refractivity contribution >= 4 is 0 Å². The summed E-state index contributed by atoms with van der Waals surface area (Å²) in [7, 11) is 0. The van der Waals surface area contributed by atoms with Gasteiger partial charge in [0.1, 0.15) is 0 Å². The molecule has 1 N–H and O–H groups in total. The molecule has 2 aliphatic rings. The highest BCUT2D eigenvalue weighted by Gasteiger charge is 2.32. The molecular weight excluding hydrogens is 150 g/mol. The van der Waals surface area contributed by atoms with Crippen LogP contribution in [0.4, 0.5) is 0 Å². The van der Waals surface area contributed by atoms with Crippen LogP contribution in [0.15, 0.2) is 11.6 Å². The Balaban J connectivity index is 2.12. The van der Waals surface area contributed by atoms with Gasteiger partial charge in [0.2, 0.25) is 0 Å².